The number of hydrogen-bond acceptors (Lipinski definition) is 2. The lowest BCUT2D eigenvalue weighted by atomic mass is 9.92. The smallest absolute Gasteiger partial charge is 0.337 e. The molecule has 3 rings (SSSR count). The Morgan fingerprint density at radius 2 is 1.59 bits per heavy atom. The Balaban J connectivity index is 2.29. The molecule has 2 heteroatoms. The van der Waals surface area contributed by atoms with E-state index < -0.39 is 0 Å². The Morgan fingerprint density at radius 1 is 0.909 bits per heavy atom. The molecule has 0 aliphatic carbocycles. The van der Waals surface area contributed by atoms with Gasteiger partial charge in [-0.1, -0.05) is 48.0 Å². The molecule has 0 aliphatic rings. The van der Waals surface area contributed by atoms with Crippen molar-refractivity contribution in [2.75, 3.05) is 7.11 Å². The Labute approximate surface area is 130 Å². The molecule has 2 nitrogen and oxygen atoms in total. The maximum Gasteiger partial charge on any atom is 0.337 e. The third kappa shape index (κ3) is 2.48. The molecule has 0 fully saturated rings. The highest BCUT2D eigenvalue weighted by Gasteiger charge is 2.11. The maximum absolute atomic E-state index is 11.8. The first kappa shape index (κ1) is 14.3. The summed E-state index contributed by atoms with van der Waals surface area (Å²) in [4.78, 5) is 11.8. The van der Waals surface area contributed by atoms with Gasteiger partial charge in [0.2, 0.25) is 0 Å². The van der Waals surface area contributed by atoms with Gasteiger partial charge in [-0.25, -0.2) is 4.79 Å². The van der Waals surface area contributed by atoms with Gasteiger partial charge in [0.05, 0.1) is 12.7 Å². The van der Waals surface area contributed by atoms with E-state index in [1.165, 1.54) is 23.8 Å². The minimum atomic E-state index is -0.307. The first-order valence-corrected chi connectivity index (χ1v) is 7.29. The van der Waals surface area contributed by atoms with Crippen molar-refractivity contribution in [3.8, 4) is 11.1 Å². The van der Waals surface area contributed by atoms with Crippen LogP contribution < -0.4 is 0 Å². The summed E-state index contributed by atoms with van der Waals surface area (Å²) in [7, 11) is 1.41. The molecule has 0 atom stereocenters. The molecule has 0 aromatic heterocycles. The molecule has 0 unspecified atom stereocenters. The Hall–Kier alpha value is -2.61. The highest BCUT2D eigenvalue weighted by molar-refractivity contribution is 6.02. The molecular weight excluding hydrogens is 272 g/mol. The molecule has 0 saturated carbocycles. The highest BCUT2D eigenvalue weighted by Crippen LogP contribution is 2.32. The van der Waals surface area contributed by atoms with Crippen LogP contribution in [0.2, 0.25) is 0 Å². The van der Waals surface area contributed by atoms with E-state index in [1.54, 1.807) is 0 Å². The third-order valence-electron chi connectivity index (χ3n) is 3.99. The minimum absolute atomic E-state index is 0.307. The summed E-state index contributed by atoms with van der Waals surface area (Å²) >= 11 is 0. The van der Waals surface area contributed by atoms with Crippen LogP contribution in [0.4, 0.5) is 0 Å². The molecule has 110 valence electrons. The van der Waals surface area contributed by atoms with Crippen molar-refractivity contribution in [1.82, 2.24) is 0 Å². The van der Waals surface area contributed by atoms with Crippen LogP contribution in [0.3, 0.4) is 0 Å². The normalized spacial score (nSPS) is 10.7. The fraction of sp³-hybridized carbons (Fsp3) is 0.150. The van der Waals surface area contributed by atoms with Crippen molar-refractivity contribution in [3.63, 3.8) is 0 Å². The van der Waals surface area contributed by atoms with Gasteiger partial charge in [0.15, 0.2) is 0 Å². The monoisotopic (exact) mass is 290 g/mol. The second-order valence-corrected chi connectivity index (χ2v) is 5.55. The first-order chi connectivity index (χ1) is 10.6. The zero-order chi connectivity index (χ0) is 15.7. The maximum atomic E-state index is 11.8. The van der Waals surface area contributed by atoms with E-state index in [1.807, 2.05) is 18.2 Å². The van der Waals surface area contributed by atoms with Crippen molar-refractivity contribution in [2.24, 2.45) is 0 Å². The lowest BCUT2D eigenvalue weighted by Gasteiger charge is -2.12. The zero-order valence-corrected chi connectivity index (χ0v) is 13.0. The molecule has 0 heterocycles. The number of esters is 1. The summed E-state index contributed by atoms with van der Waals surface area (Å²) in [6.45, 7) is 4.18. The predicted molar refractivity (Wildman–Crippen MR) is 90.2 cm³/mol. The lowest BCUT2D eigenvalue weighted by molar-refractivity contribution is 0.0601. The number of hydrogen-bond donors (Lipinski definition) is 0. The van der Waals surface area contributed by atoms with Gasteiger partial charge in [-0.05, 0) is 53.4 Å². The van der Waals surface area contributed by atoms with Crippen molar-refractivity contribution in [3.05, 3.63) is 71.3 Å². The van der Waals surface area contributed by atoms with Crippen LogP contribution in [0.5, 0.6) is 0 Å². The summed E-state index contributed by atoms with van der Waals surface area (Å²) in [6, 6.07) is 18.4. The van der Waals surface area contributed by atoms with Crippen LogP contribution in [-0.4, -0.2) is 13.1 Å². The predicted octanol–water partition coefficient (Wildman–Crippen LogP) is 4.91. The van der Waals surface area contributed by atoms with Crippen LogP contribution in [0, 0.1) is 13.8 Å². The van der Waals surface area contributed by atoms with E-state index in [0.29, 0.717) is 5.56 Å². The number of methoxy groups -OCH3 is 1. The average molecular weight is 290 g/mol. The van der Waals surface area contributed by atoms with Crippen LogP contribution >= 0.6 is 0 Å². The molecule has 0 aliphatic heterocycles. The van der Waals surface area contributed by atoms with Gasteiger partial charge in [0, 0.05) is 0 Å². The molecule has 0 N–H and O–H groups in total. The molecule has 3 aromatic carbocycles. The van der Waals surface area contributed by atoms with Crippen molar-refractivity contribution < 1.29 is 9.53 Å². The Kier molecular flexibility index (Phi) is 3.68. The second kappa shape index (κ2) is 5.64. The highest BCUT2D eigenvalue weighted by atomic mass is 16.5. The zero-order valence-electron chi connectivity index (χ0n) is 13.0. The molecule has 22 heavy (non-hydrogen) atoms. The standard InChI is InChI=1S/C20H18O2/c1-13-4-7-16(8-5-13)19-14(2)6-9-15-10-11-17(12-18(15)19)20(21)22-3/h4-12H,1-3H3. The Bertz CT molecular complexity index is 845. The van der Waals surface area contributed by atoms with Gasteiger partial charge in [-0.2, -0.15) is 0 Å². The second-order valence-electron chi connectivity index (χ2n) is 5.55. The topological polar surface area (TPSA) is 26.3 Å². The molecule has 0 radical (unpaired) electrons. The number of carbonyl (C=O) groups is 1. The molecule has 0 saturated heterocycles. The van der Waals surface area contributed by atoms with Gasteiger partial charge >= 0.3 is 5.97 Å². The number of benzene rings is 3. The summed E-state index contributed by atoms with van der Waals surface area (Å²) in [6.07, 6.45) is 0. The fourth-order valence-corrected chi connectivity index (χ4v) is 2.78. The van der Waals surface area contributed by atoms with Crippen LogP contribution in [0.25, 0.3) is 21.9 Å². The number of fused-ring (bicyclic) bond motifs is 1. The van der Waals surface area contributed by atoms with Crippen LogP contribution in [-0.2, 0) is 4.74 Å². The van der Waals surface area contributed by atoms with Crippen molar-refractivity contribution in [2.45, 2.75) is 13.8 Å². The number of aryl methyl sites for hydroxylation is 2. The third-order valence-corrected chi connectivity index (χ3v) is 3.99. The minimum Gasteiger partial charge on any atom is -0.465 e. The van der Waals surface area contributed by atoms with Crippen LogP contribution in [0.15, 0.2) is 54.6 Å². The van der Waals surface area contributed by atoms with E-state index in [2.05, 4.69) is 50.2 Å². The molecule has 0 amide bonds. The average Bonchev–Trinajstić information content (AvgIpc) is 2.54. The number of rotatable bonds is 2. The molecule has 3 aromatic rings. The quantitative estimate of drug-likeness (QED) is 0.627. The molecule has 0 bridgehead atoms. The van der Waals surface area contributed by atoms with Gasteiger partial charge in [-0.3, -0.25) is 0 Å². The summed E-state index contributed by atoms with van der Waals surface area (Å²) in [5.74, 6) is -0.307. The van der Waals surface area contributed by atoms with Gasteiger partial charge in [0.1, 0.15) is 0 Å². The van der Waals surface area contributed by atoms with Gasteiger partial charge in [-0.15, -0.1) is 0 Å². The summed E-state index contributed by atoms with van der Waals surface area (Å²) < 4.78 is 4.84. The summed E-state index contributed by atoms with van der Waals surface area (Å²) in [5, 5.41) is 2.19. The largest absolute Gasteiger partial charge is 0.465 e. The van der Waals surface area contributed by atoms with Crippen molar-refractivity contribution in [1.29, 1.82) is 0 Å². The Morgan fingerprint density at radius 3 is 2.27 bits per heavy atom. The van der Waals surface area contributed by atoms with E-state index in [9.17, 15) is 4.79 Å². The van der Waals surface area contributed by atoms with E-state index >= 15 is 0 Å². The van der Waals surface area contributed by atoms with Gasteiger partial charge in [0.25, 0.3) is 0 Å². The fourth-order valence-electron chi connectivity index (χ4n) is 2.78. The van der Waals surface area contributed by atoms with E-state index in [-0.39, 0.29) is 5.97 Å². The molecule has 0 spiro atoms. The lowest BCUT2D eigenvalue weighted by Crippen LogP contribution is -2.01. The number of carbonyl (C=O) groups excluding carboxylic acids is 1. The number of ether oxygens (including phenoxy) is 1. The van der Waals surface area contributed by atoms with E-state index in [4.69, 9.17) is 4.74 Å². The first-order valence-electron chi connectivity index (χ1n) is 7.29. The van der Waals surface area contributed by atoms with Crippen molar-refractivity contribution >= 4 is 16.7 Å². The van der Waals surface area contributed by atoms with E-state index in [0.717, 1.165) is 16.3 Å². The SMILES string of the molecule is COC(=O)c1ccc2ccc(C)c(-c3ccc(C)cc3)c2c1. The molecular formula is C20H18O2. The van der Waals surface area contributed by atoms with Crippen LogP contribution in [0.1, 0.15) is 21.5 Å². The van der Waals surface area contributed by atoms with Gasteiger partial charge < -0.3 is 4.74 Å². The summed E-state index contributed by atoms with van der Waals surface area (Å²) in [5.41, 5.74) is 5.34.